The molecule has 1 aliphatic rings. The van der Waals surface area contributed by atoms with Crippen LogP contribution in [0.25, 0.3) is 0 Å². The maximum absolute atomic E-state index is 12.4. The lowest BCUT2D eigenvalue weighted by Crippen LogP contribution is -2.17. The minimum absolute atomic E-state index is 0.174. The van der Waals surface area contributed by atoms with Crippen LogP contribution in [-0.2, 0) is 0 Å². The summed E-state index contributed by atoms with van der Waals surface area (Å²) in [7, 11) is 0. The van der Waals surface area contributed by atoms with Crippen molar-refractivity contribution in [2.45, 2.75) is 45.6 Å². The Balaban J connectivity index is 1.71. The van der Waals surface area contributed by atoms with Crippen LogP contribution in [-0.4, -0.2) is 16.9 Å². The zero-order chi connectivity index (χ0) is 16.2. The number of carbonyl (C=O) groups excluding carboxylic acids is 1. The second-order valence-corrected chi connectivity index (χ2v) is 6.33. The van der Waals surface area contributed by atoms with E-state index < -0.39 is 0 Å². The molecule has 1 aliphatic carbocycles. The average Bonchev–Trinajstić information content (AvgIpc) is 3.03. The molecule has 1 amide bonds. The van der Waals surface area contributed by atoms with Crippen LogP contribution in [0.1, 0.15) is 47.3 Å². The summed E-state index contributed by atoms with van der Waals surface area (Å²) < 4.78 is 0. The van der Waals surface area contributed by atoms with Crippen LogP contribution >= 0.6 is 0 Å². The molecule has 1 aromatic carbocycles. The number of aryl methyl sites for hydroxylation is 2. The molecule has 23 heavy (non-hydrogen) atoms. The number of rotatable bonds is 4. The van der Waals surface area contributed by atoms with Crippen LogP contribution < -0.4 is 10.6 Å². The van der Waals surface area contributed by atoms with Crippen LogP contribution in [0, 0.1) is 13.8 Å². The van der Waals surface area contributed by atoms with E-state index in [1.165, 1.54) is 31.2 Å². The van der Waals surface area contributed by atoms with Crippen LogP contribution in [0.3, 0.4) is 0 Å². The molecule has 1 aromatic heterocycles. The lowest BCUT2D eigenvalue weighted by molar-refractivity contribution is 0.102. The number of aromatic nitrogens is 1. The SMILES string of the molecule is Cc1ccc(NC(=O)c2cc(NC3CCCC3)ccn2)c(C)c1. The van der Waals surface area contributed by atoms with E-state index in [1.807, 2.05) is 38.1 Å². The number of hydrogen-bond acceptors (Lipinski definition) is 3. The predicted octanol–water partition coefficient (Wildman–Crippen LogP) is 4.31. The maximum atomic E-state index is 12.4. The zero-order valence-electron chi connectivity index (χ0n) is 13.7. The molecule has 0 unspecified atom stereocenters. The average molecular weight is 309 g/mol. The van der Waals surface area contributed by atoms with Crippen molar-refractivity contribution in [1.29, 1.82) is 0 Å². The summed E-state index contributed by atoms with van der Waals surface area (Å²) in [5.74, 6) is -0.174. The van der Waals surface area contributed by atoms with Gasteiger partial charge in [0.25, 0.3) is 5.91 Å². The van der Waals surface area contributed by atoms with Gasteiger partial charge in [-0.1, -0.05) is 30.5 Å². The number of benzene rings is 1. The normalized spacial score (nSPS) is 14.7. The van der Waals surface area contributed by atoms with Gasteiger partial charge in [-0.2, -0.15) is 0 Å². The summed E-state index contributed by atoms with van der Waals surface area (Å²) in [6.07, 6.45) is 6.65. The van der Waals surface area contributed by atoms with Gasteiger partial charge in [-0.15, -0.1) is 0 Å². The number of hydrogen-bond donors (Lipinski definition) is 2. The number of nitrogens with one attached hydrogen (secondary N) is 2. The minimum atomic E-state index is -0.174. The van der Waals surface area contributed by atoms with Gasteiger partial charge < -0.3 is 10.6 Å². The standard InChI is InChI=1S/C19H23N3O/c1-13-7-8-17(14(2)11-13)22-19(23)18-12-16(9-10-20-18)21-15-5-3-4-6-15/h7-12,15H,3-6H2,1-2H3,(H,20,21)(H,22,23). The number of amides is 1. The van der Waals surface area contributed by atoms with E-state index in [-0.39, 0.29) is 5.91 Å². The van der Waals surface area contributed by atoms with Gasteiger partial charge >= 0.3 is 0 Å². The van der Waals surface area contributed by atoms with Gasteiger partial charge in [0.05, 0.1) is 0 Å². The lowest BCUT2D eigenvalue weighted by Gasteiger charge is -2.14. The molecule has 4 nitrogen and oxygen atoms in total. The molecule has 1 fully saturated rings. The summed E-state index contributed by atoms with van der Waals surface area (Å²) in [4.78, 5) is 16.6. The Hall–Kier alpha value is -2.36. The molecule has 120 valence electrons. The molecule has 0 spiro atoms. The van der Waals surface area contributed by atoms with E-state index in [2.05, 4.69) is 21.7 Å². The van der Waals surface area contributed by atoms with Crippen molar-refractivity contribution in [3.05, 3.63) is 53.3 Å². The predicted molar refractivity (Wildman–Crippen MR) is 94.0 cm³/mol. The van der Waals surface area contributed by atoms with Crippen molar-refractivity contribution >= 4 is 17.3 Å². The third-order valence-corrected chi connectivity index (χ3v) is 4.35. The topological polar surface area (TPSA) is 54.0 Å². The molecule has 0 atom stereocenters. The highest BCUT2D eigenvalue weighted by atomic mass is 16.1. The van der Waals surface area contributed by atoms with Gasteiger partial charge in [-0.3, -0.25) is 9.78 Å². The first-order chi connectivity index (χ1) is 11.1. The smallest absolute Gasteiger partial charge is 0.274 e. The molecule has 0 aliphatic heterocycles. The molecular weight excluding hydrogens is 286 g/mol. The molecule has 0 bridgehead atoms. The Morgan fingerprint density at radius 3 is 2.65 bits per heavy atom. The molecular formula is C19H23N3O. The highest BCUT2D eigenvalue weighted by Gasteiger charge is 2.15. The van der Waals surface area contributed by atoms with E-state index in [0.29, 0.717) is 11.7 Å². The fourth-order valence-corrected chi connectivity index (χ4v) is 3.09. The molecule has 0 saturated heterocycles. The first kappa shape index (κ1) is 15.5. The first-order valence-corrected chi connectivity index (χ1v) is 8.23. The second kappa shape index (κ2) is 6.82. The van der Waals surface area contributed by atoms with E-state index in [4.69, 9.17) is 0 Å². The van der Waals surface area contributed by atoms with E-state index in [1.54, 1.807) is 6.20 Å². The van der Waals surface area contributed by atoms with Crippen LogP contribution in [0.5, 0.6) is 0 Å². The third kappa shape index (κ3) is 3.89. The lowest BCUT2D eigenvalue weighted by atomic mass is 10.1. The summed E-state index contributed by atoms with van der Waals surface area (Å²) in [5.41, 5.74) is 4.47. The Morgan fingerprint density at radius 1 is 1.13 bits per heavy atom. The van der Waals surface area contributed by atoms with Crippen LogP contribution in [0.15, 0.2) is 36.5 Å². The van der Waals surface area contributed by atoms with E-state index in [0.717, 1.165) is 16.9 Å². The van der Waals surface area contributed by atoms with E-state index >= 15 is 0 Å². The maximum Gasteiger partial charge on any atom is 0.274 e. The Morgan fingerprint density at radius 2 is 1.91 bits per heavy atom. The number of pyridine rings is 1. The van der Waals surface area contributed by atoms with Crippen molar-refractivity contribution in [3.8, 4) is 0 Å². The first-order valence-electron chi connectivity index (χ1n) is 8.23. The minimum Gasteiger partial charge on any atom is -0.382 e. The summed E-state index contributed by atoms with van der Waals surface area (Å²) in [6, 6.07) is 10.3. The van der Waals surface area contributed by atoms with E-state index in [9.17, 15) is 4.79 Å². The van der Waals surface area contributed by atoms with Gasteiger partial charge in [-0.05, 0) is 50.5 Å². The molecule has 2 aromatic rings. The molecule has 0 radical (unpaired) electrons. The van der Waals surface area contributed by atoms with Crippen molar-refractivity contribution in [1.82, 2.24) is 4.98 Å². The van der Waals surface area contributed by atoms with Gasteiger partial charge in [0.1, 0.15) is 5.69 Å². The molecule has 3 rings (SSSR count). The number of anilines is 2. The Labute approximate surface area is 137 Å². The molecule has 1 saturated carbocycles. The zero-order valence-corrected chi connectivity index (χ0v) is 13.7. The monoisotopic (exact) mass is 309 g/mol. The van der Waals surface area contributed by atoms with Crippen LogP contribution in [0.2, 0.25) is 0 Å². The highest BCUT2D eigenvalue weighted by molar-refractivity contribution is 6.03. The van der Waals surface area contributed by atoms with Gasteiger partial charge in [0.2, 0.25) is 0 Å². The number of carbonyl (C=O) groups is 1. The van der Waals surface area contributed by atoms with Crippen molar-refractivity contribution in [2.75, 3.05) is 10.6 Å². The fraction of sp³-hybridized carbons (Fsp3) is 0.368. The second-order valence-electron chi connectivity index (χ2n) is 6.33. The van der Waals surface area contributed by atoms with Crippen molar-refractivity contribution in [3.63, 3.8) is 0 Å². The molecule has 4 heteroatoms. The quantitative estimate of drug-likeness (QED) is 0.885. The Bertz CT molecular complexity index is 706. The van der Waals surface area contributed by atoms with Crippen molar-refractivity contribution in [2.24, 2.45) is 0 Å². The highest BCUT2D eigenvalue weighted by Crippen LogP contribution is 2.23. The van der Waals surface area contributed by atoms with Crippen LogP contribution in [0.4, 0.5) is 11.4 Å². The molecule has 2 N–H and O–H groups in total. The largest absolute Gasteiger partial charge is 0.382 e. The van der Waals surface area contributed by atoms with Gasteiger partial charge in [-0.25, -0.2) is 0 Å². The van der Waals surface area contributed by atoms with Gasteiger partial charge in [0.15, 0.2) is 0 Å². The molecule has 1 heterocycles. The summed E-state index contributed by atoms with van der Waals surface area (Å²) >= 11 is 0. The number of nitrogens with zero attached hydrogens (tertiary/aromatic N) is 1. The van der Waals surface area contributed by atoms with Crippen molar-refractivity contribution < 1.29 is 4.79 Å². The third-order valence-electron chi connectivity index (χ3n) is 4.35. The summed E-state index contributed by atoms with van der Waals surface area (Å²) in [5, 5.41) is 6.44. The van der Waals surface area contributed by atoms with Gasteiger partial charge in [0, 0.05) is 23.6 Å². The Kier molecular flexibility index (Phi) is 4.60. The fourth-order valence-electron chi connectivity index (χ4n) is 3.09. The summed E-state index contributed by atoms with van der Waals surface area (Å²) in [6.45, 7) is 4.03.